The summed E-state index contributed by atoms with van der Waals surface area (Å²) in [6, 6.07) is 9.51. The quantitative estimate of drug-likeness (QED) is 0.693. The Kier molecular flexibility index (Phi) is 3.82. The van der Waals surface area contributed by atoms with Gasteiger partial charge in [-0.1, -0.05) is 35.9 Å². The molecule has 0 amide bonds. The van der Waals surface area contributed by atoms with Gasteiger partial charge in [0.1, 0.15) is 16.4 Å². The van der Waals surface area contributed by atoms with Gasteiger partial charge in [0.05, 0.1) is 5.69 Å². The van der Waals surface area contributed by atoms with Crippen LogP contribution >= 0.6 is 11.6 Å². The number of fused-ring (bicyclic) bond motifs is 1. The first-order valence-electron chi connectivity index (χ1n) is 6.94. The molecule has 4 heteroatoms. The van der Waals surface area contributed by atoms with Crippen LogP contribution < -0.4 is 0 Å². The maximum absolute atomic E-state index is 10.2. The number of halogens is 1. The molecule has 110 valence electrons. The molecule has 0 saturated heterocycles. The molecule has 1 N–H and O–H groups in total. The van der Waals surface area contributed by atoms with E-state index in [1.54, 1.807) is 12.3 Å². The number of benzene rings is 1. The predicted molar refractivity (Wildman–Crippen MR) is 91.1 cm³/mol. The van der Waals surface area contributed by atoms with Crippen LogP contribution in [0, 0.1) is 13.8 Å². The van der Waals surface area contributed by atoms with Gasteiger partial charge in [-0.2, -0.15) is 0 Å². The largest absolute Gasteiger partial charge is 0.505 e. The minimum atomic E-state index is 0.240. The molecular weight excluding hydrogens is 296 g/mol. The van der Waals surface area contributed by atoms with Crippen LogP contribution in [-0.2, 0) is 0 Å². The summed E-state index contributed by atoms with van der Waals surface area (Å²) in [6.07, 6.45) is 5.50. The lowest BCUT2D eigenvalue weighted by Crippen LogP contribution is -1.89. The van der Waals surface area contributed by atoms with Crippen molar-refractivity contribution in [3.63, 3.8) is 0 Å². The third-order valence-corrected chi connectivity index (χ3v) is 3.79. The van der Waals surface area contributed by atoms with Gasteiger partial charge in [-0.25, -0.2) is 9.97 Å². The molecule has 0 saturated carbocycles. The van der Waals surface area contributed by atoms with Gasteiger partial charge in [0.25, 0.3) is 0 Å². The van der Waals surface area contributed by atoms with E-state index >= 15 is 0 Å². The first-order valence-corrected chi connectivity index (χ1v) is 7.32. The van der Waals surface area contributed by atoms with Crippen molar-refractivity contribution in [1.29, 1.82) is 0 Å². The first kappa shape index (κ1) is 14.5. The zero-order valence-electron chi connectivity index (χ0n) is 12.3. The van der Waals surface area contributed by atoms with Crippen LogP contribution in [0.5, 0.6) is 5.75 Å². The molecule has 2 aromatic heterocycles. The normalized spacial score (nSPS) is 11.4. The molecule has 0 spiro atoms. The molecule has 0 aliphatic heterocycles. The van der Waals surface area contributed by atoms with E-state index in [1.807, 2.05) is 50.3 Å². The summed E-state index contributed by atoms with van der Waals surface area (Å²) in [5, 5.41) is 11.6. The second-order valence-electron chi connectivity index (χ2n) is 5.24. The molecule has 0 atom stereocenters. The number of aromatic nitrogens is 2. The number of nitrogens with zero attached hydrogens (tertiary/aromatic N) is 2. The van der Waals surface area contributed by atoms with E-state index in [4.69, 9.17) is 11.6 Å². The molecular formula is C18H15ClN2O. The van der Waals surface area contributed by atoms with Crippen molar-refractivity contribution >= 4 is 34.7 Å². The summed E-state index contributed by atoms with van der Waals surface area (Å²) in [5.41, 5.74) is 4.29. The van der Waals surface area contributed by atoms with Gasteiger partial charge in [-0.3, -0.25) is 0 Å². The Morgan fingerprint density at radius 1 is 1.05 bits per heavy atom. The zero-order chi connectivity index (χ0) is 15.7. The van der Waals surface area contributed by atoms with Crippen molar-refractivity contribution in [1.82, 2.24) is 9.97 Å². The molecule has 0 radical (unpaired) electrons. The van der Waals surface area contributed by atoms with Gasteiger partial charge in [-0.15, -0.1) is 0 Å². The Morgan fingerprint density at radius 2 is 1.86 bits per heavy atom. The Bertz CT molecular complexity index is 870. The number of phenols is 1. The fraction of sp³-hybridized carbons (Fsp3) is 0.111. The number of pyridine rings is 2. The van der Waals surface area contributed by atoms with Crippen molar-refractivity contribution in [2.75, 3.05) is 0 Å². The average Bonchev–Trinajstić information content (AvgIpc) is 2.52. The van der Waals surface area contributed by atoms with Crippen LogP contribution in [0.25, 0.3) is 23.1 Å². The van der Waals surface area contributed by atoms with E-state index in [0.29, 0.717) is 10.7 Å². The number of rotatable bonds is 2. The Balaban J connectivity index is 2.01. The lowest BCUT2D eigenvalue weighted by Gasteiger charge is -2.07. The summed E-state index contributed by atoms with van der Waals surface area (Å²) in [5.74, 6) is 0.240. The van der Waals surface area contributed by atoms with E-state index in [0.717, 1.165) is 27.8 Å². The highest BCUT2D eigenvalue weighted by Crippen LogP contribution is 2.29. The lowest BCUT2D eigenvalue weighted by molar-refractivity contribution is 0.476. The van der Waals surface area contributed by atoms with Crippen LogP contribution in [0.2, 0.25) is 5.15 Å². The fourth-order valence-electron chi connectivity index (χ4n) is 2.39. The standard InChI is InChI=1S/C18H15ClN2O/c1-11-9-12(2)18(22)17-15(11)7-6-14(21-17)5-3-13-4-8-16(19)20-10-13/h3-10,22H,1-2H3. The smallest absolute Gasteiger partial charge is 0.144 e. The zero-order valence-corrected chi connectivity index (χ0v) is 13.1. The van der Waals surface area contributed by atoms with Gasteiger partial charge in [0, 0.05) is 11.6 Å². The van der Waals surface area contributed by atoms with E-state index in [-0.39, 0.29) is 5.75 Å². The molecule has 0 aliphatic rings. The molecule has 0 bridgehead atoms. The second-order valence-corrected chi connectivity index (χ2v) is 5.63. The van der Waals surface area contributed by atoms with Crippen LogP contribution in [0.1, 0.15) is 22.4 Å². The SMILES string of the molecule is Cc1cc(C)c2ccc(C=Cc3ccc(Cl)nc3)nc2c1O. The molecule has 22 heavy (non-hydrogen) atoms. The van der Waals surface area contributed by atoms with Crippen molar-refractivity contribution in [3.05, 3.63) is 64.1 Å². The fourth-order valence-corrected chi connectivity index (χ4v) is 2.50. The number of hydrogen-bond acceptors (Lipinski definition) is 3. The minimum Gasteiger partial charge on any atom is -0.505 e. The van der Waals surface area contributed by atoms with Crippen molar-refractivity contribution in [3.8, 4) is 5.75 Å². The third-order valence-electron chi connectivity index (χ3n) is 3.57. The highest BCUT2D eigenvalue weighted by Gasteiger charge is 2.08. The van der Waals surface area contributed by atoms with Crippen LogP contribution in [0.3, 0.4) is 0 Å². The van der Waals surface area contributed by atoms with Crippen molar-refractivity contribution in [2.24, 2.45) is 0 Å². The molecule has 0 aliphatic carbocycles. The van der Waals surface area contributed by atoms with Gasteiger partial charge >= 0.3 is 0 Å². The van der Waals surface area contributed by atoms with Gasteiger partial charge in [0.15, 0.2) is 0 Å². The maximum Gasteiger partial charge on any atom is 0.144 e. The summed E-state index contributed by atoms with van der Waals surface area (Å²) < 4.78 is 0. The Hall–Kier alpha value is -2.39. The summed E-state index contributed by atoms with van der Waals surface area (Å²) >= 11 is 5.77. The van der Waals surface area contributed by atoms with E-state index in [1.165, 1.54) is 0 Å². The predicted octanol–water partition coefficient (Wildman–Crippen LogP) is 4.78. The Morgan fingerprint density at radius 3 is 2.59 bits per heavy atom. The summed E-state index contributed by atoms with van der Waals surface area (Å²) in [7, 11) is 0. The second kappa shape index (κ2) is 5.78. The first-order chi connectivity index (χ1) is 10.5. The molecule has 3 aromatic rings. The van der Waals surface area contributed by atoms with Crippen LogP contribution in [-0.4, -0.2) is 15.1 Å². The van der Waals surface area contributed by atoms with Gasteiger partial charge < -0.3 is 5.11 Å². The minimum absolute atomic E-state index is 0.240. The van der Waals surface area contributed by atoms with Crippen molar-refractivity contribution in [2.45, 2.75) is 13.8 Å². The maximum atomic E-state index is 10.2. The number of aromatic hydroxyl groups is 1. The van der Waals surface area contributed by atoms with Gasteiger partial charge in [0.2, 0.25) is 0 Å². The molecule has 0 unspecified atom stereocenters. The molecule has 3 rings (SSSR count). The Labute approximate surface area is 133 Å². The van der Waals surface area contributed by atoms with Crippen LogP contribution in [0.4, 0.5) is 0 Å². The van der Waals surface area contributed by atoms with Gasteiger partial charge in [-0.05, 0) is 48.7 Å². The van der Waals surface area contributed by atoms with Crippen molar-refractivity contribution < 1.29 is 5.11 Å². The highest BCUT2D eigenvalue weighted by molar-refractivity contribution is 6.29. The summed E-state index contributed by atoms with van der Waals surface area (Å²) in [6.45, 7) is 3.90. The third kappa shape index (κ3) is 2.81. The monoisotopic (exact) mass is 310 g/mol. The number of phenolic OH excluding ortho intramolecular Hbond substituents is 1. The molecule has 2 heterocycles. The molecule has 3 nitrogen and oxygen atoms in total. The average molecular weight is 311 g/mol. The number of aryl methyl sites for hydroxylation is 2. The summed E-state index contributed by atoms with van der Waals surface area (Å²) in [4.78, 5) is 8.58. The lowest BCUT2D eigenvalue weighted by atomic mass is 10.0. The van der Waals surface area contributed by atoms with Crippen LogP contribution in [0.15, 0.2) is 36.5 Å². The molecule has 0 fully saturated rings. The topological polar surface area (TPSA) is 46.0 Å². The van der Waals surface area contributed by atoms with E-state index < -0.39 is 0 Å². The van der Waals surface area contributed by atoms with E-state index in [2.05, 4.69) is 9.97 Å². The highest BCUT2D eigenvalue weighted by atomic mass is 35.5. The number of hydrogen-bond donors (Lipinski definition) is 1. The van der Waals surface area contributed by atoms with E-state index in [9.17, 15) is 5.11 Å². The molecule has 1 aromatic carbocycles.